The summed E-state index contributed by atoms with van der Waals surface area (Å²) >= 11 is 1.40. The van der Waals surface area contributed by atoms with Crippen LogP contribution in [0.4, 0.5) is 5.13 Å². The minimum Gasteiger partial charge on any atom is -0.314 e. The summed E-state index contributed by atoms with van der Waals surface area (Å²) in [4.78, 5) is 5.37. The largest absolute Gasteiger partial charge is 0.314 e. The van der Waals surface area contributed by atoms with Crippen molar-refractivity contribution in [2.75, 3.05) is 17.0 Å². The smallest absolute Gasteiger partial charge is 0.234 e. The van der Waals surface area contributed by atoms with Crippen LogP contribution in [0.2, 0.25) is 0 Å². The van der Waals surface area contributed by atoms with Crippen molar-refractivity contribution >= 4 is 26.5 Å². The first kappa shape index (κ1) is 14.7. The van der Waals surface area contributed by atoms with E-state index in [0.717, 1.165) is 23.5 Å². The molecule has 0 aromatic carbocycles. The van der Waals surface area contributed by atoms with Gasteiger partial charge in [-0.1, -0.05) is 6.92 Å². The third-order valence-electron chi connectivity index (χ3n) is 3.07. The number of hydrogen-bond acceptors (Lipinski definition) is 5. The Kier molecular flexibility index (Phi) is 4.81. The fraction of sp³-hybridized carbons (Fsp3) is 0.750. The second-order valence-electron chi connectivity index (χ2n) is 4.88. The van der Waals surface area contributed by atoms with Crippen molar-refractivity contribution < 1.29 is 8.42 Å². The highest BCUT2D eigenvalue weighted by molar-refractivity contribution is 7.92. The Bertz CT molecular complexity index is 521. The van der Waals surface area contributed by atoms with Gasteiger partial charge in [-0.05, 0) is 39.2 Å². The van der Waals surface area contributed by atoms with Crippen LogP contribution in [0.1, 0.15) is 36.8 Å². The molecule has 2 N–H and O–H groups in total. The molecule has 0 radical (unpaired) electrons. The monoisotopic (exact) mass is 303 g/mol. The van der Waals surface area contributed by atoms with Gasteiger partial charge in [-0.15, -0.1) is 11.3 Å². The summed E-state index contributed by atoms with van der Waals surface area (Å²) < 4.78 is 26.4. The van der Waals surface area contributed by atoms with E-state index in [0.29, 0.717) is 17.6 Å². The second-order valence-corrected chi connectivity index (χ2v) is 7.92. The van der Waals surface area contributed by atoms with E-state index in [1.54, 1.807) is 0 Å². The molecule has 1 aromatic heterocycles. The molecule has 0 aliphatic heterocycles. The van der Waals surface area contributed by atoms with Gasteiger partial charge >= 0.3 is 0 Å². The van der Waals surface area contributed by atoms with Crippen LogP contribution in [-0.4, -0.2) is 31.7 Å². The SMILES string of the molecule is CCc1nc(NS(=O)(=O)CCCNC2CC2)sc1C. The standard InChI is InChI=1S/C12H21N3O2S2/c1-3-11-9(2)18-12(14-11)15-19(16,17)8-4-7-13-10-5-6-10/h10,13H,3-8H2,1-2H3,(H,14,15). The zero-order chi connectivity index (χ0) is 13.9. The predicted molar refractivity (Wildman–Crippen MR) is 79.3 cm³/mol. The fourth-order valence-electron chi connectivity index (χ4n) is 1.84. The molecule has 108 valence electrons. The topological polar surface area (TPSA) is 71.1 Å². The number of sulfonamides is 1. The number of hydrogen-bond donors (Lipinski definition) is 2. The molecule has 0 saturated heterocycles. The number of nitrogens with one attached hydrogen (secondary N) is 2. The van der Waals surface area contributed by atoms with E-state index in [9.17, 15) is 8.42 Å². The van der Waals surface area contributed by atoms with Crippen molar-refractivity contribution in [2.24, 2.45) is 0 Å². The van der Waals surface area contributed by atoms with Gasteiger partial charge in [0, 0.05) is 10.9 Å². The molecule has 1 aliphatic carbocycles. The first-order valence-electron chi connectivity index (χ1n) is 6.70. The number of nitrogens with zero attached hydrogens (tertiary/aromatic N) is 1. The van der Waals surface area contributed by atoms with Gasteiger partial charge in [-0.3, -0.25) is 4.72 Å². The quantitative estimate of drug-likeness (QED) is 0.720. The molecular weight excluding hydrogens is 282 g/mol. The molecule has 1 aromatic rings. The Balaban J connectivity index is 1.81. The van der Waals surface area contributed by atoms with Crippen molar-refractivity contribution in [3.05, 3.63) is 10.6 Å². The molecule has 0 bridgehead atoms. The molecule has 1 heterocycles. The molecule has 5 nitrogen and oxygen atoms in total. The molecule has 2 rings (SSSR count). The highest BCUT2D eigenvalue weighted by Gasteiger charge is 2.20. The fourth-order valence-corrected chi connectivity index (χ4v) is 4.08. The lowest BCUT2D eigenvalue weighted by molar-refractivity contribution is 0.593. The van der Waals surface area contributed by atoms with Crippen molar-refractivity contribution in [1.82, 2.24) is 10.3 Å². The van der Waals surface area contributed by atoms with Crippen LogP contribution in [0.5, 0.6) is 0 Å². The molecule has 1 fully saturated rings. The molecule has 0 spiro atoms. The number of anilines is 1. The van der Waals surface area contributed by atoms with Crippen LogP contribution in [0.3, 0.4) is 0 Å². The zero-order valence-electron chi connectivity index (χ0n) is 11.4. The van der Waals surface area contributed by atoms with Gasteiger partial charge in [0.2, 0.25) is 10.0 Å². The van der Waals surface area contributed by atoms with E-state index in [1.165, 1.54) is 24.2 Å². The molecule has 1 aliphatic rings. The molecule has 19 heavy (non-hydrogen) atoms. The lowest BCUT2D eigenvalue weighted by atomic mass is 10.3. The normalized spacial score (nSPS) is 15.7. The van der Waals surface area contributed by atoms with E-state index < -0.39 is 10.0 Å². The van der Waals surface area contributed by atoms with Crippen molar-refractivity contribution in [3.63, 3.8) is 0 Å². The van der Waals surface area contributed by atoms with Crippen molar-refractivity contribution in [2.45, 2.75) is 45.6 Å². The Morgan fingerprint density at radius 1 is 1.42 bits per heavy atom. The van der Waals surface area contributed by atoms with E-state index in [2.05, 4.69) is 15.0 Å². The van der Waals surface area contributed by atoms with Gasteiger partial charge in [0.25, 0.3) is 0 Å². The molecule has 0 atom stereocenters. The molecular formula is C12H21N3O2S2. The Morgan fingerprint density at radius 3 is 2.74 bits per heavy atom. The highest BCUT2D eigenvalue weighted by Crippen LogP contribution is 2.23. The number of rotatable bonds is 8. The maximum atomic E-state index is 11.9. The van der Waals surface area contributed by atoms with Crippen LogP contribution in [0.15, 0.2) is 0 Å². The van der Waals surface area contributed by atoms with Crippen LogP contribution >= 0.6 is 11.3 Å². The van der Waals surface area contributed by atoms with Gasteiger partial charge in [0.15, 0.2) is 5.13 Å². The summed E-state index contributed by atoms with van der Waals surface area (Å²) in [5, 5.41) is 3.80. The summed E-state index contributed by atoms with van der Waals surface area (Å²) in [5.74, 6) is 0.146. The Hall–Kier alpha value is -0.660. The van der Waals surface area contributed by atoms with E-state index in [-0.39, 0.29) is 5.75 Å². The zero-order valence-corrected chi connectivity index (χ0v) is 13.0. The average Bonchev–Trinajstić information content (AvgIpc) is 3.09. The Labute approximate surface area is 118 Å². The molecule has 0 unspecified atom stereocenters. The maximum absolute atomic E-state index is 11.9. The van der Waals surface area contributed by atoms with Crippen LogP contribution in [-0.2, 0) is 16.4 Å². The van der Waals surface area contributed by atoms with Crippen LogP contribution in [0, 0.1) is 6.92 Å². The first-order chi connectivity index (χ1) is 9.00. The summed E-state index contributed by atoms with van der Waals surface area (Å²) in [6.45, 7) is 4.75. The van der Waals surface area contributed by atoms with Crippen LogP contribution < -0.4 is 10.0 Å². The van der Waals surface area contributed by atoms with E-state index in [4.69, 9.17) is 0 Å². The number of thiazole rings is 1. The summed E-state index contributed by atoms with van der Waals surface area (Å²) in [6.07, 6.45) is 3.92. The van der Waals surface area contributed by atoms with Gasteiger partial charge in [-0.25, -0.2) is 13.4 Å². The third-order valence-corrected chi connectivity index (χ3v) is 5.46. The summed E-state index contributed by atoms with van der Waals surface area (Å²) in [7, 11) is -3.27. The van der Waals surface area contributed by atoms with Gasteiger partial charge in [0.1, 0.15) is 0 Å². The second kappa shape index (κ2) is 6.19. The lowest BCUT2D eigenvalue weighted by Gasteiger charge is -2.05. The molecule has 7 heteroatoms. The summed E-state index contributed by atoms with van der Waals surface area (Å²) in [6, 6.07) is 0.629. The summed E-state index contributed by atoms with van der Waals surface area (Å²) in [5.41, 5.74) is 0.970. The number of aryl methyl sites for hydroxylation is 2. The lowest BCUT2D eigenvalue weighted by Crippen LogP contribution is -2.23. The van der Waals surface area contributed by atoms with Gasteiger partial charge in [0.05, 0.1) is 11.4 Å². The molecule has 0 amide bonds. The van der Waals surface area contributed by atoms with Gasteiger partial charge in [-0.2, -0.15) is 0 Å². The van der Waals surface area contributed by atoms with E-state index >= 15 is 0 Å². The first-order valence-corrected chi connectivity index (χ1v) is 9.17. The van der Waals surface area contributed by atoms with Crippen molar-refractivity contribution in [1.29, 1.82) is 0 Å². The average molecular weight is 303 g/mol. The highest BCUT2D eigenvalue weighted by atomic mass is 32.2. The Morgan fingerprint density at radius 2 is 2.16 bits per heavy atom. The van der Waals surface area contributed by atoms with E-state index in [1.807, 2.05) is 13.8 Å². The maximum Gasteiger partial charge on any atom is 0.234 e. The minimum absolute atomic E-state index is 0.146. The third kappa shape index (κ3) is 4.74. The minimum atomic E-state index is -3.27. The predicted octanol–water partition coefficient (Wildman–Crippen LogP) is 1.90. The van der Waals surface area contributed by atoms with Gasteiger partial charge < -0.3 is 5.32 Å². The number of aromatic nitrogens is 1. The van der Waals surface area contributed by atoms with Crippen molar-refractivity contribution in [3.8, 4) is 0 Å². The van der Waals surface area contributed by atoms with Crippen LogP contribution in [0.25, 0.3) is 0 Å². The molecule has 1 saturated carbocycles.